The fourth-order valence-electron chi connectivity index (χ4n) is 4.35. The number of anilines is 1. The molecule has 41 heavy (non-hydrogen) atoms. The number of thioether (sulfide) groups is 1. The predicted octanol–water partition coefficient (Wildman–Crippen LogP) is 6.88. The number of hydrogen-bond acceptors (Lipinski definition) is 7. The Hall–Kier alpha value is -2.66. The Morgan fingerprint density at radius 2 is 1.46 bits per heavy atom. The monoisotopic (exact) mass is 635 g/mol. The first-order valence-corrected chi connectivity index (χ1v) is 14.1. The second kappa shape index (κ2) is 15.5. The van der Waals surface area contributed by atoms with Crippen molar-refractivity contribution in [3.8, 4) is 17.2 Å². The van der Waals surface area contributed by atoms with Crippen molar-refractivity contribution >= 4 is 70.8 Å². The van der Waals surface area contributed by atoms with Crippen molar-refractivity contribution in [1.82, 2.24) is 9.80 Å². The van der Waals surface area contributed by atoms with E-state index in [-0.39, 0.29) is 36.5 Å². The molecule has 6 nitrogen and oxygen atoms in total. The van der Waals surface area contributed by atoms with E-state index in [4.69, 9.17) is 21.7 Å². The molecule has 0 saturated carbocycles. The van der Waals surface area contributed by atoms with Gasteiger partial charge in [0.05, 0.1) is 17.2 Å². The summed E-state index contributed by atoms with van der Waals surface area (Å²) in [7, 11) is 2.16. The minimum atomic E-state index is -0.313. The summed E-state index contributed by atoms with van der Waals surface area (Å²) in [6.07, 6.45) is 2.79. The number of carbonyl (C=O) groups excluding carboxylic acids is 1. The molecule has 2 aliphatic heterocycles. The highest BCUT2D eigenvalue weighted by molar-refractivity contribution is 8.27. The molecule has 0 bridgehead atoms. The van der Waals surface area contributed by atoms with Gasteiger partial charge in [0.1, 0.15) is 23.1 Å². The molecule has 11 heteroatoms. The zero-order valence-electron chi connectivity index (χ0n) is 22.5. The third-order valence-corrected chi connectivity index (χ3v) is 7.90. The number of thiocarbonyl (C=S) groups is 1. The molecule has 0 atom stereocenters. The highest BCUT2D eigenvalue weighted by Crippen LogP contribution is 2.36. The number of likely N-dealkylation sites (N-methyl/N-ethyl adjacent to an activating group) is 1. The van der Waals surface area contributed by atoms with Gasteiger partial charge in [0.25, 0.3) is 5.91 Å². The van der Waals surface area contributed by atoms with Gasteiger partial charge in [-0.3, -0.25) is 9.69 Å². The van der Waals surface area contributed by atoms with Gasteiger partial charge >= 0.3 is 0 Å². The Labute approximate surface area is 262 Å². The molecule has 1 amide bonds. The lowest BCUT2D eigenvalue weighted by molar-refractivity contribution is -0.113. The highest BCUT2D eigenvalue weighted by Gasteiger charge is 2.33. The number of benzene rings is 3. The number of ether oxygens (including phenoxy) is 2. The fraction of sp³-hybridized carbons (Fsp3) is 0.267. The minimum Gasteiger partial charge on any atom is -0.494 e. The van der Waals surface area contributed by atoms with E-state index in [1.165, 1.54) is 23.9 Å². The predicted molar refractivity (Wildman–Crippen MR) is 174 cm³/mol. The summed E-state index contributed by atoms with van der Waals surface area (Å²) in [6.45, 7) is 6.16. The fourth-order valence-corrected chi connectivity index (χ4v) is 5.65. The summed E-state index contributed by atoms with van der Waals surface area (Å²) >= 11 is 6.80. The molecular formula is C30H32Cl2FN3O3S2. The van der Waals surface area contributed by atoms with Gasteiger partial charge in [-0.1, -0.05) is 36.1 Å². The lowest BCUT2D eigenvalue weighted by Crippen LogP contribution is -2.44. The smallest absolute Gasteiger partial charge is 0.270 e. The lowest BCUT2D eigenvalue weighted by atomic mass is 10.2. The number of amides is 1. The van der Waals surface area contributed by atoms with Crippen molar-refractivity contribution < 1.29 is 18.7 Å². The van der Waals surface area contributed by atoms with Gasteiger partial charge in [-0.2, -0.15) is 0 Å². The van der Waals surface area contributed by atoms with E-state index < -0.39 is 0 Å². The largest absolute Gasteiger partial charge is 0.494 e. The Morgan fingerprint density at radius 3 is 2.10 bits per heavy atom. The van der Waals surface area contributed by atoms with E-state index in [0.29, 0.717) is 33.0 Å². The molecule has 3 aromatic rings. The maximum Gasteiger partial charge on any atom is 0.270 e. The third-order valence-electron chi connectivity index (χ3n) is 6.60. The van der Waals surface area contributed by atoms with Crippen molar-refractivity contribution in [2.75, 3.05) is 51.3 Å². The number of rotatable bonds is 9. The second-order valence-electron chi connectivity index (χ2n) is 9.48. The molecule has 2 aliphatic rings. The summed E-state index contributed by atoms with van der Waals surface area (Å²) in [6, 6.07) is 20.7. The first kappa shape index (κ1) is 32.8. The molecule has 218 valence electrons. The van der Waals surface area contributed by atoms with Crippen molar-refractivity contribution in [3.63, 3.8) is 0 Å². The molecule has 3 aromatic carbocycles. The molecule has 0 unspecified atom stereocenters. The van der Waals surface area contributed by atoms with Gasteiger partial charge in [0.2, 0.25) is 0 Å². The van der Waals surface area contributed by atoms with Gasteiger partial charge in [-0.15, -0.1) is 24.8 Å². The average molecular weight is 637 g/mol. The van der Waals surface area contributed by atoms with Crippen molar-refractivity contribution in [1.29, 1.82) is 0 Å². The van der Waals surface area contributed by atoms with Crippen LogP contribution in [0.4, 0.5) is 10.1 Å². The molecule has 2 fully saturated rings. The second-order valence-corrected chi connectivity index (χ2v) is 11.2. The number of nitrogens with zero attached hydrogens (tertiary/aromatic N) is 3. The number of halogens is 3. The Balaban J connectivity index is 0.00000231. The Kier molecular flexibility index (Phi) is 12.4. The quantitative estimate of drug-likeness (QED) is 0.144. The molecule has 0 aromatic heterocycles. The minimum absolute atomic E-state index is 0. The van der Waals surface area contributed by atoms with Crippen LogP contribution in [0.25, 0.3) is 6.08 Å². The first-order valence-electron chi connectivity index (χ1n) is 12.9. The van der Waals surface area contributed by atoms with Crippen molar-refractivity contribution in [2.24, 2.45) is 0 Å². The van der Waals surface area contributed by atoms with Gasteiger partial charge in [-0.25, -0.2) is 4.39 Å². The number of hydrogen-bond donors (Lipinski definition) is 0. The number of piperazine rings is 1. The molecule has 2 saturated heterocycles. The summed E-state index contributed by atoms with van der Waals surface area (Å²) in [5.41, 5.74) is 1.57. The van der Waals surface area contributed by atoms with E-state index >= 15 is 0 Å². The van der Waals surface area contributed by atoms with Crippen LogP contribution in [0.1, 0.15) is 12.0 Å². The van der Waals surface area contributed by atoms with Crippen LogP contribution in [0.5, 0.6) is 17.2 Å². The highest BCUT2D eigenvalue weighted by atomic mass is 35.5. The van der Waals surface area contributed by atoms with Crippen LogP contribution in [0, 0.1) is 5.82 Å². The molecule has 0 spiro atoms. The van der Waals surface area contributed by atoms with E-state index in [1.807, 2.05) is 42.5 Å². The van der Waals surface area contributed by atoms with Crippen LogP contribution in [0.3, 0.4) is 0 Å². The molecule has 5 rings (SSSR count). The summed E-state index contributed by atoms with van der Waals surface area (Å²) in [5.74, 6) is 1.48. The van der Waals surface area contributed by atoms with Crippen molar-refractivity contribution in [2.45, 2.75) is 6.42 Å². The van der Waals surface area contributed by atoms with Crippen LogP contribution in [0.15, 0.2) is 77.7 Å². The Bertz CT molecular complexity index is 1330. The Morgan fingerprint density at radius 1 is 0.878 bits per heavy atom. The maximum absolute atomic E-state index is 13.2. The topological polar surface area (TPSA) is 45.2 Å². The first-order chi connectivity index (χ1) is 18.9. The molecule has 2 heterocycles. The normalized spacial score (nSPS) is 16.8. The van der Waals surface area contributed by atoms with E-state index in [1.54, 1.807) is 29.2 Å². The van der Waals surface area contributed by atoms with Gasteiger partial charge in [-0.05, 0) is 85.8 Å². The third kappa shape index (κ3) is 8.91. The molecule has 0 aliphatic carbocycles. The van der Waals surface area contributed by atoms with Gasteiger partial charge in [0.15, 0.2) is 4.32 Å². The van der Waals surface area contributed by atoms with Crippen molar-refractivity contribution in [3.05, 3.63) is 89.1 Å². The summed E-state index contributed by atoms with van der Waals surface area (Å²) in [5, 5.41) is 0. The van der Waals surface area contributed by atoms with E-state index in [2.05, 4.69) is 16.8 Å². The summed E-state index contributed by atoms with van der Waals surface area (Å²) in [4.78, 5) is 20.1. The molecule has 0 radical (unpaired) electrons. The zero-order chi connectivity index (χ0) is 27.2. The van der Waals surface area contributed by atoms with Crippen LogP contribution in [-0.4, -0.2) is 66.4 Å². The SMILES string of the molecule is CN1CCN(CCCOc2ccc(N3C(=O)/C(=C/c4ccc(Oc5ccc(F)cc5)cc4)SC3=S)cc2)CC1.Cl.Cl. The zero-order valence-corrected chi connectivity index (χ0v) is 25.8. The number of carbonyl (C=O) groups is 1. The van der Waals surface area contributed by atoms with Crippen LogP contribution in [-0.2, 0) is 4.79 Å². The van der Waals surface area contributed by atoms with E-state index in [0.717, 1.165) is 50.5 Å². The van der Waals surface area contributed by atoms with Crippen LogP contribution < -0.4 is 14.4 Å². The summed E-state index contributed by atoms with van der Waals surface area (Å²) < 4.78 is 25.2. The average Bonchev–Trinajstić information content (AvgIpc) is 3.22. The maximum atomic E-state index is 13.2. The van der Waals surface area contributed by atoms with Gasteiger partial charge < -0.3 is 19.3 Å². The van der Waals surface area contributed by atoms with Gasteiger partial charge in [0, 0.05) is 32.7 Å². The molecule has 0 N–H and O–H groups in total. The van der Waals surface area contributed by atoms with E-state index in [9.17, 15) is 9.18 Å². The standard InChI is InChI=1S/C30H30FN3O3S2.2ClH/c1-32-16-18-33(19-17-32)15-2-20-36-25-13-7-24(8-14-25)34-29(35)28(39-30(34)38)21-22-3-9-26(10-4-22)37-27-11-5-23(31)6-12-27;;/h3-14,21H,2,15-20H2,1H3;2*1H/b28-21-;;. The lowest BCUT2D eigenvalue weighted by Gasteiger charge is -2.32. The molecular weight excluding hydrogens is 604 g/mol. The van der Waals surface area contributed by atoms with Crippen LogP contribution >= 0.6 is 48.8 Å². The van der Waals surface area contributed by atoms with Crippen LogP contribution in [0.2, 0.25) is 0 Å².